The highest BCUT2D eigenvalue weighted by molar-refractivity contribution is 6.36. The molecule has 0 saturated heterocycles. The van der Waals surface area contributed by atoms with Crippen molar-refractivity contribution in [2.45, 2.75) is 31.9 Å². The summed E-state index contributed by atoms with van der Waals surface area (Å²) >= 11 is 12.0. The summed E-state index contributed by atoms with van der Waals surface area (Å²) in [5, 5.41) is 12.8. The van der Waals surface area contributed by atoms with Crippen LogP contribution in [0.1, 0.15) is 31.4 Å². The summed E-state index contributed by atoms with van der Waals surface area (Å²) in [6, 6.07) is 1.66. The van der Waals surface area contributed by atoms with Crippen LogP contribution in [-0.2, 0) is 0 Å². The number of urea groups is 1. The smallest absolute Gasteiger partial charge is 0.317 e. The third kappa shape index (κ3) is 4.03. The number of hydrogen-bond acceptors (Lipinski definition) is 2. The number of benzene rings is 1. The Balaban J connectivity index is 2.00. The van der Waals surface area contributed by atoms with Crippen LogP contribution in [0.3, 0.4) is 0 Å². The number of halogens is 3. The summed E-state index contributed by atoms with van der Waals surface area (Å²) in [5.41, 5.74) is 0.341. The van der Waals surface area contributed by atoms with Gasteiger partial charge in [0, 0.05) is 24.2 Å². The van der Waals surface area contributed by atoms with E-state index in [1.165, 1.54) is 17.0 Å². The number of nitrogens with zero attached hydrogens (tertiary/aromatic N) is 1. The van der Waals surface area contributed by atoms with Crippen LogP contribution in [-0.4, -0.2) is 35.7 Å². The zero-order valence-electron chi connectivity index (χ0n) is 12.4. The van der Waals surface area contributed by atoms with E-state index in [2.05, 4.69) is 5.32 Å². The van der Waals surface area contributed by atoms with E-state index in [-0.39, 0.29) is 17.6 Å². The quantitative estimate of drug-likeness (QED) is 0.798. The van der Waals surface area contributed by atoms with Gasteiger partial charge in [-0.3, -0.25) is 0 Å². The van der Waals surface area contributed by atoms with Crippen molar-refractivity contribution in [3.63, 3.8) is 0 Å². The number of likely N-dealkylation sites (N-methyl/N-ethyl adjacent to an activating group) is 1. The second-order valence-electron chi connectivity index (χ2n) is 5.71. The van der Waals surface area contributed by atoms with Crippen LogP contribution in [0.15, 0.2) is 12.1 Å². The Morgan fingerprint density at radius 3 is 2.73 bits per heavy atom. The highest BCUT2D eigenvalue weighted by atomic mass is 35.5. The molecule has 2 amide bonds. The molecule has 1 aromatic carbocycles. The average Bonchev–Trinajstić information content (AvgIpc) is 3.27. The molecule has 1 aliphatic carbocycles. The fourth-order valence-corrected chi connectivity index (χ4v) is 3.00. The van der Waals surface area contributed by atoms with Gasteiger partial charge in [-0.25, -0.2) is 9.18 Å². The van der Waals surface area contributed by atoms with Crippen molar-refractivity contribution < 1.29 is 14.3 Å². The molecule has 0 aromatic heterocycles. The maximum atomic E-state index is 13.5. The van der Waals surface area contributed by atoms with Crippen molar-refractivity contribution >= 4 is 29.2 Å². The van der Waals surface area contributed by atoms with E-state index in [1.54, 1.807) is 14.0 Å². The molecule has 0 radical (unpaired) electrons. The Labute approximate surface area is 139 Å². The Morgan fingerprint density at radius 2 is 2.14 bits per heavy atom. The van der Waals surface area contributed by atoms with E-state index >= 15 is 0 Å². The first kappa shape index (κ1) is 17.3. The lowest BCUT2D eigenvalue weighted by atomic mass is 10.1. The normalized spacial score (nSPS) is 17.0. The van der Waals surface area contributed by atoms with Gasteiger partial charge >= 0.3 is 6.03 Å². The first-order valence-corrected chi connectivity index (χ1v) is 7.90. The van der Waals surface area contributed by atoms with Gasteiger partial charge in [-0.05, 0) is 37.8 Å². The molecule has 1 aromatic rings. The summed E-state index contributed by atoms with van der Waals surface area (Å²) in [6.07, 6.45) is 1.50. The molecule has 2 N–H and O–H groups in total. The second-order valence-corrected chi connectivity index (χ2v) is 6.50. The Morgan fingerprint density at radius 1 is 1.50 bits per heavy atom. The lowest BCUT2D eigenvalue weighted by molar-refractivity contribution is 0.113. The molecular formula is C15H19Cl2FN2O2. The number of aliphatic hydroxyl groups excluding tert-OH is 1. The van der Waals surface area contributed by atoms with Crippen molar-refractivity contribution in [1.29, 1.82) is 0 Å². The molecule has 0 aliphatic heterocycles. The van der Waals surface area contributed by atoms with E-state index in [0.717, 1.165) is 12.8 Å². The van der Waals surface area contributed by atoms with Crippen LogP contribution in [0.2, 0.25) is 10.0 Å². The lowest BCUT2D eigenvalue weighted by Gasteiger charge is -2.24. The van der Waals surface area contributed by atoms with Crippen LogP contribution < -0.4 is 5.32 Å². The summed E-state index contributed by atoms with van der Waals surface area (Å²) < 4.78 is 13.5. The molecule has 0 spiro atoms. The second kappa shape index (κ2) is 7.02. The number of amides is 2. The predicted molar refractivity (Wildman–Crippen MR) is 84.7 cm³/mol. The summed E-state index contributed by atoms with van der Waals surface area (Å²) in [5.74, 6) is -0.292. The van der Waals surface area contributed by atoms with E-state index in [4.69, 9.17) is 23.2 Å². The van der Waals surface area contributed by atoms with Gasteiger partial charge in [0.1, 0.15) is 5.82 Å². The summed E-state index contributed by atoms with van der Waals surface area (Å²) in [6.45, 7) is 1.93. The molecule has 122 valence electrons. The Kier molecular flexibility index (Phi) is 5.53. The zero-order valence-corrected chi connectivity index (χ0v) is 14.0. The topological polar surface area (TPSA) is 52.6 Å². The number of carbonyl (C=O) groups excluding carboxylic acids is 1. The Hall–Kier alpha value is -1.04. The fourth-order valence-electron chi connectivity index (χ4n) is 2.30. The minimum Gasteiger partial charge on any atom is -0.391 e. The standard InChI is InChI=1S/C15H19Cl2FN2O2/c1-8(13-10(16)5-6-11(18)14(13)17)19-15(22)20(2)7-12(21)9-3-4-9/h5-6,8-9,12,21H,3-4,7H2,1-2H3,(H,19,22). The molecule has 0 heterocycles. The first-order valence-electron chi connectivity index (χ1n) is 7.14. The molecule has 0 bridgehead atoms. The lowest BCUT2D eigenvalue weighted by Crippen LogP contribution is -2.42. The van der Waals surface area contributed by atoms with E-state index in [1.807, 2.05) is 0 Å². The third-order valence-corrected chi connectivity index (χ3v) is 4.54. The van der Waals surface area contributed by atoms with Crippen LogP contribution in [0, 0.1) is 11.7 Å². The number of hydrogen-bond donors (Lipinski definition) is 2. The Bertz CT molecular complexity index is 567. The van der Waals surface area contributed by atoms with Gasteiger partial charge in [-0.1, -0.05) is 23.2 Å². The van der Waals surface area contributed by atoms with E-state index in [9.17, 15) is 14.3 Å². The van der Waals surface area contributed by atoms with Gasteiger partial charge in [0.2, 0.25) is 0 Å². The molecule has 1 saturated carbocycles. The van der Waals surface area contributed by atoms with E-state index < -0.39 is 18.0 Å². The van der Waals surface area contributed by atoms with Crippen LogP contribution in [0.4, 0.5) is 9.18 Å². The van der Waals surface area contributed by atoms with Crippen molar-refractivity contribution in [3.8, 4) is 0 Å². The molecular weight excluding hydrogens is 330 g/mol. The van der Waals surface area contributed by atoms with Gasteiger partial charge < -0.3 is 15.3 Å². The molecule has 2 unspecified atom stereocenters. The SMILES string of the molecule is CC(NC(=O)N(C)CC(O)C1CC1)c1c(Cl)ccc(F)c1Cl. The fraction of sp³-hybridized carbons (Fsp3) is 0.533. The summed E-state index contributed by atoms with van der Waals surface area (Å²) in [4.78, 5) is 13.5. The van der Waals surface area contributed by atoms with Crippen molar-refractivity contribution in [3.05, 3.63) is 33.6 Å². The number of rotatable bonds is 5. The van der Waals surface area contributed by atoms with Gasteiger partial charge in [0.25, 0.3) is 0 Å². The van der Waals surface area contributed by atoms with Gasteiger partial charge in [0.15, 0.2) is 0 Å². The number of carbonyl (C=O) groups is 1. The van der Waals surface area contributed by atoms with Crippen molar-refractivity contribution in [2.24, 2.45) is 5.92 Å². The van der Waals surface area contributed by atoms with Gasteiger partial charge in [0.05, 0.1) is 17.2 Å². The summed E-state index contributed by atoms with van der Waals surface area (Å²) in [7, 11) is 1.60. The highest BCUT2D eigenvalue weighted by Gasteiger charge is 2.31. The first-order chi connectivity index (χ1) is 10.3. The largest absolute Gasteiger partial charge is 0.391 e. The molecule has 1 fully saturated rings. The molecule has 7 heteroatoms. The molecule has 2 rings (SSSR count). The van der Waals surface area contributed by atoms with Gasteiger partial charge in [-0.15, -0.1) is 0 Å². The third-order valence-electron chi connectivity index (χ3n) is 3.83. The van der Waals surface area contributed by atoms with Crippen LogP contribution in [0.5, 0.6) is 0 Å². The molecule has 1 aliphatic rings. The monoisotopic (exact) mass is 348 g/mol. The zero-order chi connectivity index (χ0) is 16.4. The molecule has 2 atom stereocenters. The predicted octanol–water partition coefficient (Wildman–Crippen LogP) is 3.61. The number of aliphatic hydroxyl groups is 1. The van der Waals surface area contributed by atoms with Crippen LogP contribution >= 0.6 is 23.2 Å². The van der Waals surface area contributed by atoms with Crippen LogP contribution in [0.25, 0.3) is 0 Å². The van der Waals surface area contributed by atoms with Crippen molar-refractivity contribution in [2.75, 3.05) is 13.6 Å². The maximum Gasteiger partial charge on any atom is 0.317 e. The number of nitrogens with one attached hydrogen (secondary N) is 1. The maximum absolute atomic E-state index is 13.5. The van der Waals surface area contributed by atoms with E-state index in [0.29, 0.717) is 16.5 Å². The van der Waals surface area contributed by atoms with Gasteiger partial charge in [-0.2, -0.15) is 0 Å². The minimum atomic E-state index is -0.584. The highest BCUT2D eigenvalue weighted by Crippen LogP contribution is 2.33. The molecule has 22 heavy (non-hydrogen) atoms. The molecule has 4 nitrogen and oxygen atoms in total. The average molecular weight is 349 g/mol. The minimum absolute atomic E-state index is 0.0963. The van der Waals surface area contributed by atoms with Crippen molar-refractivity contribution in [1.82, 2.24) is 10.2 Å².